The molecule has 1 rings (SSSR count). The van der Waals surface area contributed by atoms with E-state index >= 15 is 0 Å². The average Bonchev–Trinajstić information content (AvgIpc) is 2.84. The first-order valence-electron chi connectivity index (χ1n) is 13.6. The van der Waals surface area contributed by atoms with Crippen molar-refractivity contribution in [2.24, 2.45) is 0 Å². The largest absolute Gasteiger partial charge is 0.389 e. The van der Waals surface area contributed by atoms with Gasteiger partial charge in [-0.05, 0) is 29.9 Å². The zero-order valence-corrected chi connectivity index (χ0v) is 22.4. The Morgan fingerprint density at radius 3 is 1.74 bits per heavy atom. The van der Waals surface area contributed by atoms with Gasteiger partial charge in [0.1, 0.15) is 0 Å². The highest BCUT2D eigenvalue weighted by Crippen LogP contribution is 2.31. The third-order valence-electron chi connectivity index (χ3n) is 6.47. The lowest BCUT2D eigenvalue weighted by molar-refractivity contribution is 0.136. The Labute approximate surface area is 208 Å². The number of hydrogen-bond acceptors (Lipinski definition) is 3. The van der Waals surface area contributed by atoms with Gasteiger partial charge in [0, 0.05) is 12.6 Å². The van der Waals surface area contributed by atoms with Crippen molar-refractivity contribution in [3.63, 3.8) is 0 Å². The SMILES string of the molecule is CCCCCCCCCCCCCc1c([N+]#N)cccc1S(=O)(=O)N(F)CCCCCCCC. The van der Waals surface area contributed by atoms with Gasteiger partial charge in [0.15, 0.2) is 4.98 Å². The molecule has 0 heterocycles. The van der Waals surface area contributed by atoms with Crippen LogP contribution in [0.1, 0.15) is 129 Å². The number of sulfonamides is 1. The van der Waals surface area contributed by atoms with E-state index in [1.165, 1.54) is 63.5 Å². The maximum atomic E-state index is 14.7. The van der Waals surface area contributed by atoms with Gasteiger partial charge in [-0.2, -0.15) is 0 Å². The summed E-state index contributed by atoms with van der Waals surface area (Å²) >= 11 is 0. The summed E-state index contributed by atoms with van der Waals surface area (Å²) in [7, 11) is -4.27. The van der Waals surface area contributed by atoms with Crippen molar-refractivity contribution in [3.05, 3.63) is 28.7 Å². The van der Waals surface area contributed by atoms with E-state index in [0.717, 1.165) is 51.4 Å². The molecule has 0 radical (unpaired) electrons. The van der Waals surface area contributed by atoms with E-state index in [1.54, 1.807) is 6.07 Å². The Morgan fingerprint density at radius 2 is 1.24 bits per heavy atom. The molecule has 1 aromatic carbocycles. The molecule has 0 unspecified atom stereocenters. The fourth-order valence-electron chi connectivity index (χ4n) is 4.35. The lowest BCUT2D eigenvalue weighted by Gasteiger charge is -2.14. The summed E-state index contributed by atoms with van der Waals surface area (Å²) in [4.78, 5) is 3.19. The lowest BCUT2D eigenvalue weighted by atomic mass is 10.0. The maximum Gasteiger partial charge on any atom is 0.389 e. The molecule has 0 aromatic heterocycles. The number of unbranched alkanes of at least 4 members (excludes halogenated alkanes) is 15. The average molecular weight is 497 g/mol. The minimum Gasteiger partial charge on any atom is -0.205 e. The topological polar surface area (TPSA) is 65.5 Å². The standard InChI is InChI=1S/C27H47FN3O2S/c1-3-5-7-9-11-12-13-14-15-16-18-21-25-26(30-29)22-20-23-27(25)34(32,33)31(28)24-19-17-10-8-6-4-2/h20,22-23H,3-19,21,24H2,1-2H3/q+1. The van der Waals surface area contributed by atoms with Gasteiger partial charge in [0.05, 0.1) is 10.5 Å². The lowest BCUT2D eigenvalue weighted by Crippen LogP contribution is -2.25. The van der Waals surface area contributed by atoms with E-state index in [-0.39, 0.29) is 21.7 Å². The van der Waals surface area contributed by atoms with Crippen LogP contribution < -0.4 is 0 Å². The second kappa shape index (κ2) is 18.8. The summed E-state index contributed by atoms with van der Waals surface area (Å²) in [5.74, 6) is 0. The molecule has 0 saturated heterocycles. The molecule has 0 saturated carbocycles. The van der Waals surface area contributed by atoms with Crippen LogP contribution in [0.4, 0.5) is 10.2 Å². The zero-order chi connectivity index (χ0) is 25.1. The van der Waals surface area contributed by atoms with Crippen LogP contribution in [0.5, 0.6) is 0 Å². The zero-order valence-electron chi connectivity index (χ0n) is 21.6. The monoisotopic (exact) mass is 496 g/mol. The van der Waals surface area contributed by atoms with Gasteiger partial charge < -0.3 is 0 Å². The van der Waals surface area contributed by atoms with Gasteiger partial charge >= 0.3 is 5.69 Å². The summed E-state index contributed by atoms with van der Waals surface area (Å²) in [5, 5.41) is 9.39. The summed E-state index contributed by atoms with van der Waals surface area (Å²) < 4.78 is 40.5. The third kappa shape index (κ3) is 11.8. The second-order valence-electron chi connectivity index (χ2n) is 9.42. The highest BCUT2D eigenvalue weighted by atomic mass is 32.2. The quantitative estimate of drug-likeness (QED) is 0.0967. The molecule has 0 atom stereocenters. The number of nitrogens with zero attached hydrogens (tertiary/aromatic N) is 3. The van der Waals surface area contributed by atoms with Crippen LogP contribution in [0.2, 0.25) is 0 Å². The third-order valence-corrected chi connectivity index (χ3v) is 8.12. The van der Waals surface area contributed by atoms with Crippen LogP contribution in [0.25, 0.3) is 4.98 Å². The minimum atomic E-state index is -4.27. The van der Waals surface area contributed by atoms with Gasteiger partial charge in [-0.1, -0.05) is 116 Å². The number of rotatable bonds is 21. The van der Waals surface area contributed by atoms with Gasteiger partial charge in [-0.3, -0.25) is 0 Å². The van der Waals surface area contributed by atoms with E-state index in [0.29, 0.717) is 18.4 Å². The van der Waals surface area contributed by atoms with Crippen molar-refractivity contribution in [2.75, 3.05) is 6.54 Å². The van der Waals surface area contributed by atoms with Gasteiger partial charge in [-0.25, -0.2) is 8.42 Å². The molecule has 194 valence electrons. The van der Waals surface area contributed by atoms with E-state index in [1.807, 2.05) is 0 Å². The number of halogens is 1. The van der Waals surface area contributed by atoms with E-state index in [4.69, 9.17) is 0 Å². The maximum absolute atomic E-state index is 14.7. The van der Waals surface area contributed by atoms with Crippen molar-refractivity contribution in [3.8, 4) is 0 Å². The molecule has 0 aliphatic heterocycles. The Hall–Kier alpha value is -1.52. The summed E-state index contributed by atoms with van der Waals surface area (Å²) in [6, 6.07) is 4.50. The van der Waals surface area contributed by atoms with Crippen LogP contribution >= 0.6 is 0 Å². The van der Waals surface area contributed by atoms with Gasteiger partial charge in [-0.15, -0.1) is 4.48 Å². The molecule has 0 bridgehead atoms. The fraction of sp³-hybridized carbons (Fsp3) is 0.778. The van der Waals surface area contributed by atoms with E-state index in [2.05, 4.69) is 18.8 Å². The van der Waals surface area contributed by atoms with Crippen LogP contribution in [-0.4, -0.2) is 19.5 Å². The van der Waals surface area contributed by atoms with Crippen molar-refractivity contribution >= 4 is 15.7 Å². The van der Waals surface area contributed by atoms with E-state index in [9.17, 15) is 18.3 Å². The predicted octanol–water partition coefficient (Wildman–Crippen LogP) is 9.26. The summed E-state index contributed by atoms with van der Waals surface area (Å²) in [6.45, 7) is 4.22. The summed E-state index contributed by atoms with van der Waals surface area (Å²) in [5.41, 5.74) is 0.618. The Balaban J connectivity index is 2.53. The predicted molar refractivity (Wildman–Crippen MR) is 140 cm³/mol. The normalized spacial score (nSPS) is 11.7. The Kier molecular flexibility index (Phi) is 16.8. The van der Waals surface area contributed by atoms with Crippen LogP contribution in [-0.2, 0) is 16.4 Å². The molecule has 5 nitrogen and oxygen atoms in total. The molecule has 0 N–H and O–H groups in total. The molecule has 7 heteroatoms. The number of hydrogen-bond donors (Lipinski definition) is 0. The molecule has 0 aliphatic carbocycles. The molecule has 34 heavy (non-hydrogen) atoms. The summed E-state index contributed by atoms with van der Waals surface area (Å²) in [6.07, 6.45) is 19.3. The van der Waals surface area contributed by atoms with Crippen molar-refractivity contribution in [1.82, 2.24) is 4.53 Å². The molecular weight excluding hydrogens is 449 g/mol. The Bertz CT molecular complexity index is 809. The van der Waals surface area contributed by atoms with Gasteiger partial charge in [0.2, 0.25) is 5.39 Å². The minimum absolute atomic E-state index is 0.0344. The first kappa shape index (κ1) is 30.5. The van der Waals surface area contributed by atoms with Crippen molar-refractivity contribution in [1.29, 1.82) is 5.39 Å². The Morgan fingerprint density at radius 1 is 0.765 bits per heavy atom. The molecule has 0 aliphatic rings. The first-order chi connectivity index (χ1) is 16.5. The molecule has 0 amide bonds. The highest BCUT2D eigenvalue weighted by molar-refractivity contribution is 7.89. The first-order valence-corrected chi connectivity index (χ1v) is 15.1. The van der Waals surface area contributed by atoms with Crippen molar-refractivity contribution in [2.45, 2.75) is 134 Å². The number of diazo groups is 1. The molecular formula is C27H47FN3O2S+. The molecule has 1 aromatic rings. The van der Waals surface area contributed by atoms with Crippen LogP contribution in [0.3, 0.4) is 0 Å². The van der Waals surface area contributed by atoms with Crippen LogP contribution in [0, 0.1) is 5.39 Å². The van der Waals surface area contributed by atoms with Crippen LogP contribution in [0.15, 0.2) is 23.1 Å². The molecule has 0 fully saturated rings. The molecule has 0 spiro atoms. The highest BCUT2D eigenvalue weighted by Gasteiger charge is 2.31. The second-order valence-corrected chi connectivity index (χ2v) is 11.2. The number of benzene rings is 1. The van der Waals surface area contributed by atoms with Crippen molar-refractivity contribution < 1.29 is 12.9 Å². The van der Waals surface area contributed by atoms with E-state index < -0.39 is 10.0 Å². The smallest absolute Gasteiger partial charge is 0.205 e. The van der Waals surface area contributed by atoms with Gasteiger partial charge in [0.25, 0.3) is 10.0 Å². The fourth-order valence-corrected chi connectivity index (χ4v) is 5.70.